The number of pyridine rings is 1. The number of amides is 1. The molecule has 6 nitrogen and oxygen atoms in total. The summed E-state index contributed by atoms with van der Waals surface area (Å²) >= 11 is 0. The van der Waals surface area contributed by atoms with Gasteiger partial charge >= 0.3 is 0 Å². The van der Waals surface area contributed by atoms with Crippen molar-refractivity contribution in [2.24, 2.45) is 5.73 Å². The molecule has 23 heavy (non-hydrogen) atoms. The number of fused-ring (bicyclic) bond motifs is 4. The van der Waals surface area contributed by atoms with Crippen molar-refractivity contribution in [3.8, 4) is 5.75 Å². The maximum Gasteiger partial charge on any atom is 0.254 e. The number of aromatic hydroxyl groups is 1. The van der Waals surface area contributed by atoms with E-state index < -0.39 is 5.91 Å². The molecular formula is C16H11ClN4O2. The Hall–Kier alpha value is -2.99. The third-order valence-electron chi connectivity index (χ3n) is 3.62. The van der Waals surface area contributed by atoms with Crippen molar-refractivity contribution >= 4 is 51.2 Å². The molecule has 2 aromatic heterocycles. The van der Waals surface area contributed by atoms with Gasteiger partial charge in [0.25, 0.3) is 5.91 Å². The molecule has 1 amide bonds. The lowest BCUT2D eigenvalue weighted by molar-refractivity contribution is 0.0999. The molecule has 2 heterocycles. The summed E-state index contributed by atoms with van der Waals surface area (Å²) in [7, 11) is 0. The lowest BCUT2D eigenvalue weighted by atomic mass is 10.0. The molecule has 0 unspecified atom stereocenters. The van der Waals surface area contributed by atoms with Crippen molar-refractivity contribution in [1.82, 2.24) is 15.0 Å². The summed E-state index contributed by atoms with van der Waals surface area (Å²) in [6.07, 6.45) is 3.18. The van der Waals surface area contributed by atoms with Crippen LogP contribution in [0.2, 0.25) is 0 Å². The van der Waals surface area contributed by atoms with Crippen molar-refractivity contribution in [3.63, 3.8) is 0 Å². The number of rotatable bonds is 1. The summed E-state index contributed by atoms with van der Waals surface area (Å²) in [5.41, 5.74) is 7.42. The third-order valence-corrected chi connectivity index (χ3v) is 3.62. The highest BCUT2D eigenvalue weighted by Crippen LogP contribution is 2.35. The van der Waals surface area contributed by atoms with Gasteiger partial charge in [-0.15, -0.1) is 12.4 Å². The molecule has 0 saturated carbocycles. The quantitative estimate of drug-likeness (QED) is 0.413. The molecule has 0 aliphatic rings. The van der Waals surface area contributed by atoms with Gasteiger partial charge < -0.3 is 10.8 Å². The molecule has 4 aromatic rings. The van der Waals surface area contributed by atoms with Crippen LogP contribution < -0.4 is 5.73 Å². The van der Waals surface area contributed by atoms with Gasteiger partial charge in [0.2, 0.25) is 0 Å². The Kier molecular flexibility index (Phi) is 3.46. The number of benzene rings is 2. The van der Waals surface area contributed by atoms with Gasteiger partial charge in [-0.2, -0.15) is 0 Å². The maximum atomic E-state index is 11.8. The lowest BCUT2D eigenvalue weighted by Gasteiger charge is -2.10. The molecule has 0 atom stereocenters. The van der Waals surface area contributed by atoms with E-state index in [1.165, 1.54) is 0 Å². The molecule has 0 bridgehead atoms. The molecule has 114 valence electrons. The number of phenols is 1. The van der Waals surface area contributed by atoms with Crippen LogP contribution in [0.3, 0.4) is 0 Å². The molecule has 4 rings (SSSR count). The average molecular weight is 327 g/mol. The summed E-state index contributed by atoms with van der Waals surface area (Å²) < 4.78 is 0. The number of nitrogens with zero attached hydrogens (tertiary/aromatic N) is 3. The van der Waals surface area contributed by atoms with E-state index in [1.54, 1.807) is 30.6 Å². The maximum absolute atomic E-state index is 11.8. The first-order chi connectivity index (χ1) is 10.7. The molecule has 0 aliphatic carbocycles. The molecule has 0 saturated heterocycles. The first-order valence-corrected chi connectivity index (χ1v) is 6.62. The smallest absolute Gasteiger partial charge is 0.254 e. The predicted octanol–water partition coefficient (Wildman–Crippen LogP) is 2.56. The standard InChI is InChI=1S/C16H10N4O2.ClH/c17-16(22)12-14-13(8-3-1-2-4-9(8)15(12)21)19-10-5-6-18-7-11(10)20-14;/h1-7,21H,(H2,17,22);1H. The zero-order valence-corrected chi connectivity index (χ0v) is 12.5. The van der Waals surface area contributed by atoms with Gasteiger partial charge in [0.1, 0.15) is 22.3 Å². The lowest BCUT2D eigenvalue weighted by Crippen LogP contribution is -2.13. The first kappa shape index (κ1) is 14.9. The Morgan fingerprint density at radius 3 is 2.43 bits per heavy atom. The Bertz CT molecular complexity index is 1080. The second kappa shape index (κ2) is 5.33. The number of carbonyl (C=O) groups is 1. The predicted molar refractivity (Wildman–Crippen MR) is 89.8 cm³/mol. The zero-order valence-electron chi connectivity index (χ0n) is 11.7. The number of halogens is 1. The van der Waals surface area contributed by atoms with Gasteiger partial charge in [0.05, 0.1) is 17.2 Å². The Balaban J connectivity index is 0.00000156. The van der Waals surface area contributed by atoms with Gasteiger partial charge in [-0.1, -0.05) is 24.3 Å². The summed E-state index contributed by atoms with van der Waals surface area (Å²) in [4.78, 5) is 24.8. The summed E-state index contributed by atoms with van der Waals surface area (Å²) in [5.74, 6) is -0.918. The van der Waals surface area contributed by atoms with Crippen LogP contribution in [0.1, 0.15) is 10.4 Å². The van der Waals surface area contributed by atoms with Crippen LogP contribution in [0.4, 0.5) is 0 Å². The van der Waals surface area contributed by atoms with Crippen LogP contribution in [-0.4, -0.2) is 26.0 Å². The minimum Gasteiger partial charge on any atom is -0.506 e. The largest absolute Gasteiger partial charge is 0.506 e. The van der Waals surface area contributed by atoms with E-state index in [-0.39, 0.29) is 29.2 Å². The van der Waals surface area contributed by atoms with Crippen LogP contribution >= 0.6 is 12.4 Å². The molecule has 0 aliphatic heterocycles. The van der Waals surface area contributed by atoms with Crippen molar-refractivity contribution in [2.45, 2.75) is 0 Å². The van der Waals surface area contributed by atoms with E-state index in [4.69, 9.17) is 5.73 Å². The van der Waals surface area contributed by atoms with Crippen molar-refractivity contribution < 1.29 is 9.90 Å². The van der Waals surface area contributed by atoms with Crippen LogP contribution in [0.5, 0.6) is 5.75 Å². The number of hydrogen-bond donors (Lipinski definition) is 2. The van der Waals surface area contributed by atoms with E-state index in [2.05, 4.69) is 15.0 Å². The second-order valence-corrected chi connectivity index (χ2v) is 4.92. The van der Waals surface area contributed by atoms with Crippen LogP contribution in [0, 0.1) is 0 Å². The van der Waals surface area contributed by atoms with Gasteiger partial charge in [-0.25, -0.2) is 9.97 Å². The van der Waals surface area contributed by atoms with Crippen LogP contribution in [0.15, 0.2) is 42.7 Å². The van der Waals surface area contributed by atoms with Crippen molar-refractivity contribution in [3.05, 3.63) is 48.3 Å². The highest BCUT2D eigenvalue weighted by molar-refractivity contribution is 6.18. The fraction of sp³-hybridized carbons (Fsp3) is 0. The van der Waals surface area contributed by atoms with Crippen molar-refractivity contribution in [1.29, 1.82) is 0 Å². The Morgan fingerprint density at radius 1 is 1.00 bits per heavy atom. The molecule has 7 heteroatoms. The van der Waals surface area contributed by atoms with Crippen molar-refractivity contribution in [2.75, 3.05) is 0 Å². The average Bonchev–Trinajstić information content (AvgIpc) is 2.53. The van der Waals surface area contributed by atoms with Crippen LogP contribution in [-0.2, 0) is 0 Å². The third kappa shape index (κ3) is 2.11. The number of carbonyl (C=O) groups excluding carboxylic acids is 1. The topological polar surface area (TPSA) is 102 Å². The number of aromatic nitrogens is 3. The zero-order chi connectivity index (χ0) is 15.3. The Morgan fingerprint density at radius 2 is 1.70 bits per heavy atom. The van der Waals surface area contributed by atoms with E-state index >= 15 is 0 Å². The molecule has 0 spiro atoms. The first-order valence-electron chi connectivity index (χ1n) is 6.62. The van der Waals surface area contributed by atoms with E-state index in [0.29, 0.717) is 27.3 Å². The SMILES string of the molecule is Cl.NC(=O)c1c(O)c2ccccc2c2nc3ccncc3nc12. The number of hydrogen-bond acceptors (Lipinski definition) is 5. The monoisotopic (exact) mass is 326 g/mol. The fourth-order valence-electron chi connectivity index (χ4n) is 2.64. The van der Waals surface area contributed by atoms with Crippen LogP contribution in [0.25, 0.3) is 32.8 Å². The fourth-order valence-corrected chi connectivity index (χ4v) is 2.64. The van der Waals surface area contributed by atoms with Gasteiger partial charge in [-0.05, 0) is 6.07 Å². The minimum absolute atomic E-state index is 0. The molecule has 2 aromatic carbocycles. The molecule has 0 fully saturated rings. The molecular weight excluding hydrogens is 316 g/mol. The van der Waals surface area contributed by atoms with E-state index in [0.717, 1.165) is 0 Å². The van der Waals surface area contributed by atoms with Gasteiger partial charge in [0, 0.05) is 17.0 Å². The summed E-state index contributed by atoms with van der Waals surface area (Å²) in [6.45, 7) is 0. The minimum atomic E-state index is -0.745. The number of primary amides is 1. The molecule has 3 N–H and O–H groups in total. The van der Waals surface area contributed by atoms with Gasteiger partial charge in [0.15, 0.2) is 0 Å². The van der Waals surface area contributed by atoms with Gasteiger partial charge in [-0.3, -0.25) is 9.78 Å². The summed E-state index contributed by atoms with van der Waals surface area (Å²) in [6, 6.07) is 8.90. The second-order valence-electron chi connectivity index (χ2n) is 4.92. The summed E-state index contributed by atoms with van der Waals surface area (Å²) in [5, 5.41) is 11.6. The normalized spacial score (nSPS) is 10.8. The highest BCUT2D eigenvalue weighted by atomic mass is 35.5. The van der Waals surface area contributed by atoms with E-state index in [9.17, 15) is 9.90 Å². The number of nitrogens with two attached hydrogens (primary N) is 1. The highest BCUT2D eigenvalue weighted by Gasteiger charge is 2.20. The van der Waals surface area contributed by atoms with E-state index in [1.807, 2.05) is 12.1 Å². The molecule has 0 radical (unpaired) electrons. The Labute approximate surface area is 136 Å².